The maximum absolute atomic E-state index is 2.45. The highest BCUT2D eigenvalue weighted by atomic mass is 32.1. The van der Waals surface area contributed by atoms with E-state index >= 15 is 0 Å². The number of nitrogens with zero attached hydrogens (tertiary/aromatic N) is 1. The number of thiophene rings is 1. The summed E-state index contributed by atoms with van der Waals surface area (Å²) >= 11 is 1.88. The molecule has 0 N–H and O–H groups in total. The topological polar surface area (TPSA) is 3.24 Å². The monoisotopic (exact) mass is 779 g/mol. The van der Waals surface area contributed by atoms with Gasteiger partial charge in [-0.1, -0.05) is 182 Å². The second kappa shape index (κ2) is 14.1. The van der Waals surface area contributed by atoms with Crippen LogP contribution in [0, 0.1) is 0 Å². The summed E-state index contributed by atoms with van der Waals surface area (Å²) < 4.78 is 2.63. The molecule has 2 heteroatoms. The van der Waals surface area contributed by atoms with Crippen LogP contribution in [0.2, 0.25) is 0 Å². The van der Waals surface area contributed by atoms with Crippen molar-refractivity contribution in [2.24, 2.45) is 0 Å². The maximum Gasteiger partial charge on any atom is 0.0468 e. The lowest BCUT2D eigenvalue weighted by atomic mass is 9.85. The highest BCUT2D eigenvalue weighted by Gasteiger charge is 2.21. The Balaban J connectivity index is 1.13. The molecule has 0 aliphatic carbocycles. The molecule has 0 fully saturated rings. The van der Waals surface area contributed by atoms with Gasteiger partial charge in [0.05, 0.1) is 0 Å². The highest BCUT2D eigenvalue weighted by Crippen LogP contribution is 2.48. The average Bonchev–Trinajstić information content (AvgIpc) is 3.71. The van der Waals surface area contributed by atoms with Crippen molar-refractivity contribution >= 4 is 91.7 Å². The molecule has 60 heavy (non-hydrogen) atoms. The zero-order valence-electron chi connectivity index (χ0n) is 32.7. The minimum atomic E-state index is 1.10. The van der Waals surface area contributed by atoms with Crippen LogP contribution in [-0.4, -0.2) is 0 Å². The number of hydrogen-bond acceptors (Lipinski definition) is 2. The minimum Gasteiger partial charge on any atom is -0.310 e. The predicted octanol–water partition coefficient (Wildman–Crippen LogP) is 17.1. The first-order valence-corrected chi connectivity index (χ1v) is 21.4. The van der Waals surface area contributed by atoms with Crippen LogP contribution in [-0.2, 0) is 0 Å². The summed E-state index contributed by atoms with van der Waals surface area (Å²) in [4.78, 5) is 2.45. The normalized spacial score (nSPS) is 11.7. The maximum atomic E-state index is 2.45. The average molecular weight is 780 g/mol. The van der Waals surface area contributed by atoms with E-state index < -0.39 is 0 Å². The van der Waals surface area contributed by atoms with E-state index in [9.17, 15) is 0 Å². The van der Waals surface area contributed by atoms with E-state index in [-0.39, 0.29) is 0 Å². The molecule has 11 aromatic carbocycles. The van der Waals surface area contributed by atoms with E-state index in [0.717, 1.165) is 17.1 Å². The summed E-state index contributed by atoms with van der Waals surface area (Å²) in [7, 11) is 0. The Morgan fingerprint density at radius 2 is 0.817 bits per heavy atom. The van der Waals surface area contributed by atoms with Gasteiger partial charge in [0.1, 0.15) is 0 Å². The number of benzene rings is 11. The molecular weight excluding hydrogens is 743 g/mol. The Morgan fingerprint density at radius 3 is 1.62 bits per heavy atom. The van der Waals surface area contributed by atoms with Crippen LogP contribution in [0.4, 0.5) is 17.1 Å². The first kappa shape index (κ1) is 34.5. The van der Waals surface area contributed by atoms with Crippen molar-refractivity contribution in [2.45, 2.75) is 0 Å². The fourth-order valence-corrected chi connectivity index (χ4v) is 10.7. The van der Waals surface area contributed by atoms with E-state index in [1.54, 1.807) is 0 Å². The van der Waals surface area contributed by atoms with Crippen molar-refractivity contribution in [1.82, 2.24) is 0 Å². The summed E-state index contributed by atoms with van der Waals surface area (Å²) in [6.45, 7) is 0. The molecule has 0 atom stereocenters. The third-order valence-electron chi connectivity index (χ3n) is 12.2. The third-order valence-corrected chi connectivity index (χ3v) is 13.4. The summed E-state index contributed by atoms with van der Waals surface area (Å²) in [5, 5.41) is 12.6. The Morgan fingerprint density at radius 1 is 0.283 bits per heavy atom. The van der Waals surface area contributed by atoms with Crippen molar-refractivity contribution < 1.29 is 0 Å². The molecule has 0 amide bonds. The minimum absolute atomic E-state index is 1.10. The fraction of sp³-hybridized carbons (Fsp3) is 0. The van der Waals surface area contributed by atoms with Crippen molar-refractivity contribution in [1.29, 1.82) is 0 Å². The molecule has 0 saturated heterocycles. The number of anilines is 3. The summed E-state index contributed by atoms with van der Waals surface area (Å²) in [5.41, 5.74) is 10.7. The van der Waals surface area contributed by atoms with E-state index in [1.807, 2.05) is 11.3 Å². The van der Waals surface area contributed by atoms with Crippen LogP contribution in [0.15, 0.2) is 224 Å². The van der Waals surface area contributed by atoms with Gasteiger partial charge in [-0.2, -0.15) is 0 Å². The van der Waals surface area contributed by atoms with Crippen LogP contribution in [0.3, 0.4) is 0 Å². The van der Waals surface area contributed by atoms with Crippen LogP contribution < -0.4 is 4.90 Å². The second-order valence-corrected chi connectivity index (χ2v) is 16.7. The summed E-state index contributed by atoms with van der Waals surface area (Å²) in [5.74, 6) is 0. The summed E-state index contributed by atoms with van der Waals surface area (Å²) in [6.07, 6.45) is 0. The van der Waals surface area contributed by atoms with Gasteiger partial charge in [0.15, 0.2) is 0 Å². The quantitative estimate of drug-likeness (QED) is 0.152. The zero-order chi connectivity index (χ0) is 39.6. The van der Waals surface area contributed by atoms with Crippen LogP contribution in [0.5, 0.6) is 0 Å². The van der Waals surface area contributed by atoms with Crippen molar-refractivity contribution in [3.63, 3.8) is 0 Å². The lowest BCUT2D eigenvalue weighted by Crippen LogP contribution is -2.10. The van der Waals surface area contributed by atoms with Crippen LogP contribution >= 0.6 is 11.3 Å². The molecule has 0 spiro atoms. The lowest BCUT2D eigenvalue weighted by Gasteiger charge is -2.28. The third kappa shape index (κ3) is 5.61. The van der Waals surface area contributed by atoms with Crippen molar-refractivity contribution in [3.8, 4) is 33.4 Å². The molecule has 12 aromatic rings. The van der Waals surface area contributed by atoms with Gasteiger partial charge in [-0.05, 0) is 119 Å². The van der Waals surface area contributed by atoms with Gasteiger partial charge in [-0.15, -0.1) is 11.3 Å². The van der Waals surface area contributed by atoms with Crippen LogP contribution in [0.25, 0.3) is 96.6 Å². The highest BCUT2D eigenvalue weighted by molar-refractivity contribution is 7.26. The van der Waals surface area contributed by atoms with Gasteiger partial charge in [-0.25, -0.2) is 0 Å². The molecule has 0 bridgehead atoms. The zero-order valence-corrected chi connectivity index (χ0v) is 33.5. The van der Waals surface area contributed by atoms with Gasteiger partial charge < -0.3 is 4.90 Å². The molecular formula is C58H37NS. The Bertz CT molecular complexity index is 3600. The Labute approximate surface area is 352 Å². The molecule has 1 aromatic heterocycles. The smallest absolute Gasteiger partial charge is 0.0468 e. The SMILES string of the molecule is c1ccc(-c2c(-c3ccccc3)c3cc(N(c4cccc(-c5cccc6c5sc5ccccc56)c4)c4ccc5c(ccc6ccccc65)c4)ccc3c3ccccc23)cc1. The molecule has 0 unspecified atom stereocenters. The molecule has 280 valence electrons. The van der Waals surface area contributed by atoms with Crippen molar-refractivity contribution in [3.05, 3.63) is 224 Å². The Hall–Kier alpha value is -7.52. The standard InChI is InChI=1S/C58H37NS/c1-3-16-39(17-4-1)56-52-25-10-9-23-49(52)50-34-32-45(37-54(50)57(56)40-18-5-2-6-19-40)59(44-31-33-47-42(36-44)30-29-38-15-7-8-22-46(38)47)43-21-13-20-41(35-43)48-26-14-27-53-51-24-11-12-28-55(51)60-58(48)53/h1-37H. The molecule has 0 radical (unpaired) electrons. The van der Waals surface area contributed by atoms with Gasteiger partial charge in [0.2, 0.25) is 0 Å². The fourth-order valence-electron chi connectivity index (χ4n) is 9.50. The van der Waals surface area contributed by atoms with Gasteiger partial charge in [-0.3, -0.25) is 0 Å². The summed E-state index contributed by atoms with van der Waals surface area (Å²) in [6, 6.07) is 82.6. The van der Waals surface area contributed by atoms with Gasteiger partial charge in [0.25, 0.3) is 0 Å². The number of rotatable bonds is 6. The number of fused-ring (bicyclic) bond motifs is 9. The van der Waals surface area contributed by atoms with E-state index in [2.05, 4.69) is 229 Å². The molecule has 0 aliphatic heterocycles. The van der Waals surface area contributed by atoms with Crippen LogP contribution in [0.1, 0.15) is 0 Å². The molecule has 0 saturated carbocycles. The lowest BCUT2D eigenvalue weighted by molar-refractivity contribution is 1.30. The van der Waals surface area contributed by atoms with E-state index in [4.69, 9.17) is 0 Å². The second-order valence-electron chi connectivity index (χ2n) is 15.6. The van der Waals surface area contributed by atoms with E-state index in [0.29, 0.717) is 0 Å². The predicted molar refractivity (Wildman–Crippen MR) is 260 cm³/mol. The number of hydrogen-bond donors (Lipinski definition) is 0. The Kier molecular flexibility index (Phi) is 8.11. The molecule has 0 aliphatic rings. The first-order valence-electron chi connectivity index (χ1n) is 20.6. The van der Waals surface area contributed by atoms with Gasteiger partial charge in [0, 0.05) is 37.2 Å². The first-order chi connectivity index (χ1) is 29.8. The van der Waals surface area contributed by atoms with E-state index in [1.165, 1.54) is 96.6 Å². The molecule has 1 nitrogen and oxygen atoms in total. The molecule has 12 rings (SSSR count). The largest absolute Gasteiger partial charge is 0.310 e. The van der Waals surface area contributed by atoms with Crippen molar-refractivity contribution in [2.75, 3.05) is 4.90 Å². The molecule has 1 heterocycles. The van der Waals surface area contributed by atoms with Gasteiger partial charge >= 0.3 is 0 Å².